The van der Waals surface area contributed by atoms with Crippen molar-refractivity contribution in [3.63, 3.8) is 0 Å². The summed E-state index contributed by atoms with van der Waals surface area (Å²) >= 11 is 0. The second-order valence-electron chi connectivity index (χ2n) is 6.78. The highest BCUT2D eigenvalue weighted by Crippen LogP contribution is 2.24. The van der Waals surface area contributed by atoms with Crippen LogP contribution in [0.5, 0.6) is 0 Å². The van der Waals surface area contributed by atoms with Gasteiger partial charge in [-0.2, -0.15) is 0 Å². The number of aromatic amines is 1. The van der Waals surface area contributed by atoms with Gasteiger partial charge in [0.1, 0.15) is 11.4 Å². The first-order valence-corrected chi connectivity index (χ1v) is 8.89. The molecule has 4 rings (SSSR count). The number of ether oxygens (including phenoxy) is 1. The predicted octanol–water partition coefficient (Wildman–Crippen LogP) is 1.61. The summed E-state index contributed by atoms with van der Waals surface area (Å²) in [7, 11) is 0. The van der Waals surface area contributed by atoms with Crippen LogP contribution in [-0.2, 0) is 11.2 Å². The van der Waals surface area contributed by atoms with Crippen molar-refractivity contribution in [3.8, 4) is 0 Å². The van der Waals surface area contributed by atoms with Gasteiger partial charge in [-0.15, -0.1) is 0 Å². The summed E-state index contributed by atoms with van der Waals surface area (Å²) in [5, 5.41) is 4.04. The Morgan fingerprint density at radius 2 is 2.11 bits per heavy atom. The fraction of sp³-hybridized carbons (Fsp3) is 0.300. The maximum Gasteiger partial charge on any atom is 0.263 e. The molecule has 2 atom stereocenters. The third-order valence-electron chi connectivity index (χ3n) is 4.91. The van der Waals surface area contributed by atoms with Crippen molar-refractivity contribution in [2.45, 2.75) is 19.4 Å². The third-order valence-corrected chi connectivity index (χ3v) is 4.91. The average molecular weight is 364 g/mol. The quantitative estimate of drug-likeness (QED) is 0.733. The molecule has 0 spiro atoms. The lowest BCUT2D eigenvalue weighted by Crippen LogP contribution is -2.42. The molecule has 3 heterocycles. The molecule has 0 saturated carbocycles. The third kappa shape index (κ3) is 3.59. The van der Waals surface area contributed by atoms with Crippen molar-refractivity contribution in [2.24, 2.45) is 5.92 Å². The molecule has 1 aliphatic rings. The lowest BCUT2D eigenvalue weighted by atomic mass is 9.93. The maximum atomic E-state index is 12.5. The Morgan fingerprint density at radius 3 is 2.96 bits per heavy atom. The van der Waals surface area contributed by atoms with Crippen LogP contribution in [0.1, 0.15) is 21.7 Å². The molecule has 1 amide bonds. The van der Waals surface area contributed by atoms with Gasteiger partial charge >= 0.3 is 0 Å². The maximum absolute atomic E-state index is 12.5. The lowest BCUT2D eigenvalue weighted by Gasteiger charge is -2.19. The van der Waals surface area contributed by atoms with E-state index in [1.54, 1.807) is 13.1 Å². The van der Waals surface area contributed by atoms with Gasteiger partial charge < -0.3 is 15.0 Å². The van der Waals surface area contributed by atoms with E-state index in [0.29, 0.717) is 19.0 Å². The lowest BCUT2D eigenvalue weighted by molar-refractivity contribution is 0.0923. The van der Waals surface area contributed by atoms with Crippen LogP contribution >= 0.6 is 0 Å². The van der Waals surface area contributed by atoms with Crippen molar-refractivity contribution < 1.29 is 9.53 Å². The van der Waals surface area contributed by atoms with Gasteiger partial charge in [-0.1, -0.05) is 18.2 Å². The Labute approximate surface area is 155 Å². The minimum absolute atomic E-state index is 0.0145. The molecule has 0 aliphatic carbocycles. The largest absolute Gasteiger partial charge is 0.379 e. The molecular formula is C20H20N4O3. The summed E-state index contributed by atoms with van der Waals surface area (Å²) in [6, 6.07) is 9.85. The molecule has 2 aromatic heterocycles. The van der Waals surface area contributed by atoms with Crippen molar-refractivity contribution in [1.82, 2.24) is 20.3 Å². The van der Waals surface area contributed by atoms with Crippen molar-refractivity contribution in [1.29, 1.82) is 0 Å². The van der Waals surface area contributed by atoms with E-state index in [-0.39, 0.29) is 17.5 Å². The Kier molecular flexibility index (Phi) is 4.68. The van der Waals surface area contributed by atoms with Crippen molar-refractivity contribution >= 4 is 16.8 Å². The van der Waals surface area contributed by atoms with Crippen LogP contribution in [0.4, 0.5) is 0 Å². The molecule has 27 heavy (non-hydrogen) atoms. The van der Waals surface area contributed by atoms with Crippen LogP contribution in [-0.4, -0.2) is 40.1 Å². The zero-order chi connectivity index (χ0) is 18.8. The predicted molar refractivity (Wildman–Crippen MR) is 101 cm³/mol. The standard InChI is InChI=1S/C20H20N4O3/c1-12-22-9-16(19(25)23-12)20(26)24-18-11-27-10-14(18)8-13-6-7-21-17-5-3-2-4-15(13)17/h2-7,9,14,18H,8,10-11H2,1H3,(H,24,26)(H,22,23,25). The molecule has 0 bridgehead atoms. The number of pyridine rings is 1. The Bertz CT molecular complexity index is 1040. The van der Waals surface area contributed by atoms with E-state index in [0.717, 1.165) is 17.3 Å². The summed E-state index contributed by atoms with van der Waals surface area (Å²) in [5.74, 6) is 0.171. The average Bonchev–Trinajstić information content (AvgIpc) is 3.08. The van der Waals surface area contributed by atoms with E-state index in [1.165, 1.54) is 11.8 Å². The Balaban J connectivity index is 1.52. The van der Waals surface area contributed by atoms with Crippen LogP contribution < -0.4 is 10.9 Å². The van der Waals surface area contributed by atoms with Gasteiger partial charge in [-0.3, -0.25) is 14.6 Å². The fourth-order valence-electron chi connectivity index (χ4n) is 3.47. The molecule has 1 aromatic carbocycles. The van der Waals surface area contributed by atoms with E-state index >= 15 is 0 Å². The first-order chi connectivity index (χ1) is 13.1. The van der Waals surface area contributed by atoms with Gasteiger partial charge in [0.05, 0.1) is 24.8 Å². The van der Waals surface area contributed by atoms with Gasteiger partial charge in [-0.05, 0) is 31.0 Å². The molecule has 7 nitrogen and oxygen atoms in total. The van der Waals surface area contributed by atoms with Crippen LogP contribution in [0.25, 0.3) is 10.9 Å². The molecule has 1 aliphatic heterocycles. The number of aryl methyl sites for hydroxylation is 1. The number of para-hydroxylation sites is 1. The van der Waals surface area contributed by atoms with E-state index in [4.69, 9.17) is 4.74 Å². The number of rotatable bonds is 4. The van der Waals surface area contributed by atoms with E-state index in [2.05, 4.69) is 26.3 Å². The molecule has 138 valence electrons. The molecule has 1 fully saturated rings. The van der Waals surface area contributed by atoms with E-state index in [1.807, 2.05) is 24.3 Å². The molecule has 0 radical (unpaired) electrons. The zero-order valence-electron chi connectivity index (χ0n) is 14.9. The number of nitrogens with one attached hydrogen (secondary N) is 2. The van der Waals surface area contributed by atoms with Gasteiger partial charge in [0.2, 0.25) is 0 Å². The summed E-state index contributed by atoms with van der Waals surface area (Å²) < 4.78 is 5.61. The van der Waals surface area contributed by atoms with Crippen LogP contribution in [0.3, 0.4) is 0 Å². The molecule has 7 heteroatoms. The molecule has 2 N–H and O–H groups in total. The number of fused-ring (bicyclic) bond motifs is 1. The molecular weight excluding hydrogens is 344 g/mol. The molecule has 2 unspecified atom stereocenters. The van der Waals surface area contributed by atoms with Gasteiger partial charge in [0.25, 0.3) is 11.5 Å². The normalized spacial score (nSPS) is 19.3. The fourth-order valence-corrected chi connectivity index (χ4v) is 3.47. The number of nitrogens with zero attached hydrogens (tertiary/aromatic N) is 2. The van der Waals surface area contributed by atoms with Crippen molar-refractivity contribution in [2.75, 3.05) is 13.2 Å². The Morgan fingerprint density at radius 1 is 1.26 bits per heavy atom. The number of hydrogen-bond acceptors (Lipinski definition) is 5. The smallest absolute Gasteiger partial charge is 0.263 e. The highest BCUT2D eigenvalue weighted by atomic mass is 16.5. The monoisotopic (exact) mass is 364 g/mol. The number of carbonyl (C=O) groups excluding carboxylic acids is 1. The minimum Gasteiger partial charge on any atom is -0.379 e. The van der Waals surface area contributed by atoms with Crippen LogP contribution in [0, 0.1) is 12.8 Å². The number of hydrogen-bond donors (Lipinski definition) is 2. The first-order valence-electron chi connectivity index (χ1n) is 8.89. The minimum atomic E-state index is -0.435. The summed E-state index contributed by atoms with van der Waals surface area (Å²) in [5.41, 5.74) is 1.70. The summed E-state index contributed by atoms with van der Waals surface area (Å²) in [6.45, 7) is 2.66. The topological polar surface area (TPSA) is 97.0 Å². The first kappa shape index (κ1) is 17.4. The summed E-state index contributed by atoms with van der Waals surface area (Å²) in [6.07, 6.45) is 3.87. The second kappa shape index (κ2) is 7.28. The highest BCUT2D eigenvalue weighted by Gasteiger charge is 2.31. The zero-order valence-corrected chi connectivity index (χ0v) is 14.9. The van der Waals surface area contributed by atoms with E-state index in [9.17, 15) is 9.59 Å². The number of benzene rings is 1. The van der Waals surface area contributed by atoms with E-state index < -0.39 is 11.5 Å². The number of aromatic nitrogens is 3. The summed E-state index contributed by atoms with van der Waals surface area (Å²) in [4.78, 5) is 35.4. The second-order valence-corrected chi connectivity index (χ2v) is 6.78. The van der Waals surface area contributed by atoms with Gasteiger partial charge in [-0.25, -0.2) is 4.98 Å². The van der Waals surface area contributed by atoms with Crippen molar-refractivity contribution in [3.05, 3.63) is 70.0 Å². The number of amides is 1. The Hall–Kier alpha value is -3.06. The molecule has 1 saturated heterocycles. The van der Waals surface area contributed by atoms with Crippen LogP contribution in [0.2, 0.25) is 0 Å². The van der Waals surface area contributed by atoms with Crippen LogP contribution in [0.15, 0.2) is 47.5 Å². The van der Waals surface area contributed by atoms with Gasteiger partial charge in [0, 0.05) is 23.7 Å². The number of H-pyrrole nitrogens is 1. The SMILES string of the molecule is Cc1ncc(C(=O)NC2COCC2Cc2ccnc3ccccc23)c(=O)[nH]1. The number of carbonyl (C=O) groups is 1. The highest BCUT2D eigenvalue weighted by molar-refractivity contribution is 5.93. The molecule has 3 aromatic rings. The van der Waals surface area contributed by atoms with Gasteiger partial charge in [0.15, 0.2) is 0 Å².